The Morgan fingerprint density at radius 1 is 1.03 bits per heavy atom. The van der Waals surface area contributed by atoms with Crippen LogP contribution in [0.1, 0.15) is 40.4 Å². The first-order chi connectivity index (χ1) is 18.0. The number of aryl methyl sites for hydroxylation is 1. The summed E-state index contributed by atoms with van der Waals surface area (Å²) in [4.78, 5) is 13.1. The minimum atomic E-state index is -0.460. The fourth-order valence-corrected chi connectivity index (χ4v) is 4.79. The second-order valence-electron chi connectivity index (χ2n) is 9.22. The Morgan fingerprint density at radius 2 is 1.84 bits per heavy atom. The van der Waals surface area contributed by atoms with E-state index in [4.69, 9.17) is 9.15 Å². The van der Waals surface area contributed by atoms with Gasteiger partial charge in [0.2, 0.25) is 5.91 Å². The van der Waals surface area contributed by atoms with Crippen LogP contribution in [0.3, 0.4) is 0 Å². The molecule has 1 atom stereocenters. The topological polar surface area (TPSA) is 56.4 Å². The molecule has 5 aromatic rings. The smallest absolute Gasteiger partial charge is 0.221 e. The van der Waals surface area contributed by atoms with Crippen molar-refractivity contribution in [2.75, 3.05) is 7.11 Å². The molecule has 0 saturated carbocycles. The van der Waals surface area contributed by atoms with Crippen LogP contribution < -0.4 is 10.1 Å². The number of hydrogen-bond donors (Lipinski definition) is 1. The molecule has 0 fully saturated rings. The number of nitrogens with one attached hydrogen (secondary N) is 1. The third-order valence-corrected chi connectivity index (χ3v) is 6.66. The van der Waals surface area contributed by atoms with Crippen molar-refractivity contribution in [1.82, 2.24) is 9.88 Å². The van der Waals surface area contributed by atoms with Crippen molar-refractivity contribution in [3.63, 3.8) is 0 Å². The quantitative estimate of drug-likeness (QED) is 0.251. The van der Waals surface area contributed by atoms with E-state index < -0.39 is 5.92 Å². The predicted molar refractivity (Wildman–Crippen MR) is 142 cm³/mol. The maximum atomic E-state index is 15.2. The molecule has 2 heterocycles. The van der Waals surface area contributed by atoms with Crippen molar-refractivity contribution in [2.24, 2.45) is 0 Å². The molecule has 37 heavy (non-hydrogen) atoms. The first-order valence-electron chi connectivity index (χ1n) is 12.3. The number of fused-ring (bicyclic) bond motifs is 1. The number of ether oxygens (including phenoxy) is 1. The lowest BCUT2D eigenvalue weighted by Gasteiger charge is -2.18. The Hall–Kier alpha value is -4.32. The SMILES string of the molecule is COc1ccc(Cn2cc(C(CC(=O)NCc3ccco3)c3cc(C)ccc3F)c3ccccc32)cc1. The normalized spacial score (nSPS) is 12.0. The number of amides is 1. The number of carbonyl (C=O) groups excluding carboxylic acids is 1. The molecule has 6 heteroatoms. The van der Waals surface area contributed by atoms with Crippen LogP contribution in [0.4, 0.5) is 4.39 Å². The number of methoxy groups -OCH3 is 1. The third kappa shape index (κ3) is 5.43. The molecule has 3 aromatic carbocycles. The summed E-state index contributed by atoms with van der Waals surface area (Å²) >= 11 is 0. The lowest BCUT2D eigenvalue weighted by molar-refractivity contribution is -0.121. The fourth-order valence-electron chi connectivity index (χ4n) is 4.79. The molecule has 1 N–H and O–H groups in total. The van der Waals surface area contributed by atoms with Crippen LogP contribution in [0.2, 0.25) is 0 Å². The number of benzene rings is 3. The number of rotatable bonds is 9. The monoisotopic (exact) mass is 496 g/mol. The first kappa shape index (κ1) is 24.4. The van der Waals surface area contributed by atoms with Gasteiger partial charge in [-0.3, -0.25) is 4.79 Å². The Bertz CT molecular complexity index is 1500. The summed E-state index contributed by atoms with van der Waals surface area (Å²) in [7, 11) is 1.65. The van der Waals surface area contributed by atoms with Gasteiger partial charge in [-0.1, -0.05) is 48.0 Å². The number of aromatic nitrogens is 1. The van der Waals surface area contributed by atoms with E-state index in [-0.39, 0.29) is 24.7 Å². The molecule has 0 aliphatic heterocycles. The van der Waals surface area contributed by atoms with E-state index in [1.54, 1.807) is 25.5 Å². The van der Waals surface area contributed by atoms with Crippen molar-refractivity contribution in [3.05, 3.63) is 125 Å². The maximum absolute atomic E-state index is 15.2. The zero-order valence-electron chi connectivity index (χ0n) is 20.9. The summed E-state index contributed by atoms with van der Waals surface area (Å²) in [6, 6.07) is 24.7. The average Bonchev–Trinajstić information content (AvgIpc) is 3.57. The van der Waals surface area contributed by atoms with Crippen LogP contribution in [-0.2, 0) is 17.9 Å². The van der Waals surface area contributed by atoms with Gasteiger partial charge in [0.25, 0.3) is 0 Å². The van der Waals surface area contributed by atoms with Gasteiger partial charge in [-0.2, -0.15) is 0 Å². The second-order valence-corrected chi connectivity index (χ2v) is 9.22. The van der Waals surface area contributed by atoms with Gasteiger partial charge in [-0.05, 0) is 60.0 Å². The van der Waals surface area contributed by atoms with Crippen molar-refractivity contribution < 1.29 is 18.3 Å². The Morgan fingerprint density at radius 3 is 2.59 bits per heavy atom. The highest BCUT2D eigenvalue weighted by Crippen LogP contribution is 2.36. The fraction of sp³-hybridized carbons (Fsp3) is 0.194. The molecule has 5 rings (SSSR count). The molecule has 0 bridgehead atoms. The van der Waals surface area contributed by atoms with E-state index in [0.717, 1.165) is 33.3 Å². The predicted octanol–water partition coefficient (Wildman–Crippen LogP) is 6.58. The van der Waals surface area contributed by atoms with Crippen molar-refractivity contribution >= 4 is 16.8 Å². The molecule has 5 nitrogen and oxygen atoms in total. The minimum Gasteiger partial charge on any atom is -0.497 e. The molecule has 0 radical (unpaired) electrons. The molecular weight excluding hydrogens is 467 g/mol. The van der Waals surface area contributed by atoms with Gasteiger partial charge in [0.15, 0.2) is 0 Å². The molecule has 0 aliphatic carbocycles. The highest BCUT2D eigenvalue weighted by molar-refractivity contribution is 5.87. The highest BCUT2D eigenvalue weighted by Gasteiger charge is 2.25. The van der Waals surface area contributed by atoms with Crippen LogP contribution in [-0.4, -0.2) is 17.6 Å². The molecule has 2 aromatic heterocycles. The third-order valence-electron chi connectivity index (χ3n) is 6.66. The summed E-state index contributed by atoms with van der Waals surface area (Å²) in [5, 5.41) is 3.92. The van der Waals surface area contributed by atoms with Crippen LogP contribution in [0.5, 0.6) is 5.75 Å². The second kappa shape index (κ2) is 10.7. The van der Waals surface area contributed by atoms with Crippen LogP contribution in [0.25, 0.3) is 10.9 Å². The van der Waals surface area contributed by atoms with Crippen LogP contribution in [0.15, 0.2) is 95.7 Å². The van der Waals surface area contributed by atoms with Crippen molar-refractivity contribution in [3.8, 4) is 5.75 Å². The summed E-state index contributed by atoms with van der Waals surface area (Å²) < 4.78 is 28.0. The largest absolute Gasteiger partial charge is 0.497 e. The van der Waals surface area contributed by atoms with Gasteiger partial charge < -0.3 is 19.0 Å². The number of halogens is 1. The Balaban J connectivity index is 1.53. The molecule has 188 valence electrons. The average molecular weight is 497 g/mol. The maximum Gasteiger partial charge on any atom is 0.221 e. The zero-order valence-corrected chi connectivity index (χ0v) is 20.9. The number of furan rings is 1. The van der Waals surface area contributed by atoms with Gasteiger partial charge in [0.05, 0.1) is 19.9 Å². The lowest BCUT2D eigenvalue weighted by Crippen LogP contribution is -2.25. The van der Waals surface area contributed by atoms with Crippen LogP contribution >= 0.6 is 0 Å². The summed E-state index contributed by atoms with van der Waals surface area (Å²) in [6.45, 7) is 2.86. The highest BCUT2D eigenvalue weighted by atomic mass is 19.1. The van der Waals surface area contributed by atoms with E-state index in [9.17, 15) is 4.79 Å². The van der Waals surface area contributed by atoms with Gasteiger partial charge in [0, 0.05) is 36.0 Å². The number of nitrogens with zero attached hydrogens (tertiary/aromatic N) is 1. The van der Waals surface area contributed by atoms with Gasteiger partial charge in [-0.25, -0.2) is 4.39 Å². The molecule has 0 aliphatic rings. The van der Waals surface area contributed by atoms with E-state index in [1.165, 1.54) is 6.07 Å². The van der Waals surface area contributed by atoms with Gasteiger partial charge in [0.1, 0.15) is 17.3 Å². The summed E-state index contributed by atoms with van der Waals surface area (Å²) in [6.07, 6.45) is 3.74. The van der Waals surface area contributed by atoms with E-state index in [0.29, 0.717) is 17.9 Å². The number of para-hydroxylation sites is 1. The zero-order chi connectivity index (χ0) is 25.8. The van der Waals surface area contributed by atoms with Gasteiger partial charge >= 0.3 is 0 Å². The molecule has 0 saturated heterocycles. The van der Waals surface area contributed by atoms with E-state index in [1.807, 2.05) is 61.5 Å². The molecular formula is C31H29FN2O3. The Labute approximate surface area is 215 Å². The van der Waals surface area contributed by atoms with Crippen molar-refractivity contribution in [1.29, 1.82) is 0 Å². The minimum absolute atomic E-state index is 0.109. The molecule has 1 unspecified atom stereocenters. The molecule has 1 amide bonds. The van der Waals surface area contributed by atoms with E-state index >= 15 is 4.39 Å². The lowest BCUT2D eigenvalue weighted by atomic mass is 9.87. The van der Waals surface area contributed by atoms with Crippen molar-refractivity contribution in [2.45, 2.75) is 32.4 Å². The van der Waals surface area contributed by atoms with Gasteiger partial charge in [-0.15, -0.1) is 0 Å². The first-order valence-corrected chi connectivity index (χ1v) is 12.3. The van der Waals surface area contributed by atoms with E-state index in [2.05, 4.69) is 22.1 Å². The standard InChI is InChI=1S/C31H29FN2O3/c1-21-9-14-29(32)27(16-21)26(17-31(35)33-18-24-6-5-15-37-24)28-20-34(30-8-4-3-7-25(28)30)19-22-10-12-23(36-2)13-11-22/h3-16,20,26H,17-19H2,1-2H3,(H,33,35). The Kier molecular flexibility index (Phi) is 7.08. The number of carbonyl (C=O) groups is 1. The number of hydrogen-bond acceptors (Lipinski definition) is 3. The summed E-state index contributed by atoms with van der Waals surface area (Å²) in [5.41, 5.74) is 4.52. The van der Waals surface area contributed by atoms with Crippen LogP contribution in [0, 0.1) is 12.7 Å². The molecule has 0 spiro atoms. The summed E-state index contributed by atoms with van der Waals surface area (Å²) in [5.74, 6) is 0.523.